The van der Waals surface area contributed by atoms with Crippen molar-refractivity contribution >= 4 is 46.8 Å². The number of esters is 1. The molecule has 7 nitrogen and oxygen atoms in total. The summed E-state index contributed by atoms with van der Waals surface area (Å²) in [6.45, 7) is 1.48. The Morgan fingerprint density at radius 3 is 3.00 bits per heavy atom. The molecule has 136 valence electrons. The molecule has 1 aromatic carbocycles. The molecule has 2 saturated heterocycles. The van der Waals surface area contributed by atoms with Gasteiger partial charge in [-0.2, -0.15) is 5.26 Å². The van der Waals surface area contributed by atoms with E-state index in [9.17, 15) is 14.4 Å². The topological polar surface area (TPSA) is 99.5 Å². The van der Waals surface area contributed by atoms with Gasteiger partial charge >= 0.3 is 5.97 Å². The SMILES string of the molecule is C[C@@]12CCC(=O)N1[C@@H](C(=O)OCC(=O)Nc1ccc(C#N)c(Cl)c1)CS2. The Balaban J connectivity index is 1.55. The van der Waals surface area contributed by atoms with Gasteiger partial charge in [0.05, 0.1) is 15.5 Å². The summed E-state index contributed by atoms with van der Waals surface area (Å²) in [6, 6.07) is 5.73. The van der Waals surface area contributed by atoms with Crippen molar-refractivity contribution in [3.8, 4) is 6.07 Å². The van der Waals surface area contributed by atoms with Crippen LogP contribution in [-0.2, 0) is 19.1 Å². The molecule has 26 heavy (non-hydrogen) atoms. The summed E-state index contributed by atoms with van der Waals surface area (Å²) in [5.74, 6) is -0.700. The number of nitrogens with zero attached hydrogens (tertiary/aromatic N) is 2. The number of halogens is 1. The maximum Gasteiger partial charge on any atom is 0.330 e. The largest absolute Gasteiger partial charge is 0.454 e. The lowest BCUT2D eigenvalue weighted by molar-refractivity contribution is -0.155. The fourth-order valence-electron chi connectivity index (χ4n) is 3.11. The van der Waals surface area contributed by atoms with E-state index in [1.807, 2.05) is 13.0 Å². The van der Waals surface area contributed by atoms with E-state index in [-0.39, 0.29) is 15.8 Å². The normalized spacial score (nSPS) is 24.1. The van der Waals surface area contributed by atoms with E-state index in [0.717, 1.165) is 0 Å². The van der Waals surface area contributed by atoms with Crippen LogP contribution in [0.4, 0.5) is 5.69 Å². The van der Waals surface area contributed by atoms with Crippen molar-refractivity contribution in [3.05, 3.63) is 28.8 Å². The second kappa shape index (κ2) is 7.17. The molecule has 2 heterocycles. The second-order valence-corrected chi connectivity index (χ2v) is 8.14. The maximum atomic E-state index is 12.3. The number of benzene rings is 1. The minimum Gasteiger partial charge on any atom is -0.454 e. The van der Waals surface area contributed by atoms with Crippen LogP contribution in [0.15, 0.2) is 18.2 Å². The molecule has 0 bridgehead atoms. The highest BCUT2D eigenvalue weighted by Crippen LogP contribution is 2.47. The first-order valence-corrected chi connectivity index (χ1v) is 9.33. The number of thioether (sulfide) groups is 1. The van der Waals surface area contributed by atoms with Crippen LogP contribution >= 0.6 is 23.4 Å². The fourth-order valence-corrected chi connectivity index (χ4v) is 4.75. The predicted octanol–water partition coefficient (Wildman–Crippen LogP) is 2.15. The van der Waals surface area contributed by atoms with Crippen molar-refractivity contribution in [1.82, 2.24) is 4.90 Å². The van der Waals surface area contributed by atoms with Crippen molar-refractivity contribution < 1.29 is 19.1 Å². The Kier molecular flexibility index (Phi) is 5.12. The summed E-state index contributed by atoms with van der Waals surface area (Å²) in [7, 11) is 0. The molecule has 0 aliphatic carbocycles. The molecular formula is C17H16ClN3O4S. The number of hydrogen-bond acceptors (Lipinski definition) is 6. The van der Waals surface area contributed by atoms with E-state index in [4.69, 9.17) is 21.6 Å². The molecule has 2 fully saturated rings. The third-order valence-corrected chi connectivity index (χ3v) is 6.25. The van der Waals surface area contributed by atoms with Gasteiger partial charge in [-0.25, -0.2) is 4.79 Å². The first kappa shape index (κ1) is 18.5. The first-order chi connectivity index (χ1) is 12.3. The highest BCUT2D eigenvalue weighted by molar-refractivity contribution is 8.01. The summed E-state index contributed by atoms with van der Waals surface area (Å²) in [5, 5.41) is 11.6. The van der Waals surface area contributed by atoms with Gasteiger partial charge in [0.1, 0.15) is 12.1 Å². The molecule has 0 spiro atoms. The van der Waals surface area contributed by atoms with E-state index >= 15 is 0 Å². The summed E-state index contributed by atoms with van der Waals surface area (Å²) in [6.07, 6.45) is 1.13. The zero-order chi connectivity index (χ0) is 18.9. The molecule has 2 aliphatic rings. The average Bonchev–Trinajstić information content (AvgIpc) is 3.09. The molecule has 0 unspecified atom stereocenters. The predicted molar refractivity (Wildman–Crippen MR) is 96.5 cm³/mol. The molecule has 2 aliphatic heterocycles. The van der Waals surface area contributed by atoms with Crippen molar-refractivity contribution in [2.24, 2.45) is 0 Å². The molecule has 0 radical (unpaired) electrons. The Morgan fingerprint density at radius 2 is 2.31 bits per heavy atom. The molecule has 1 N–H and O–H groups in total. The number of carbonyl (C=O) groups excluding carboxylic acids is 3. The number of anilines is 1. The van der Waals surface area contributed by atoms with Crippen molar-refractivity contribution in [2.75, 3.05) is 17.7 Å². The molecule has 0 saturated carbocycles. The summed E-state index contributed by atoms with van der Waals surface area (Å²) in [4.78, 5) is 37.5. The van der Waals surface area contributed by atoms with Gasteiger partial charge in [-0.15, -0.1) is 11.8 Å². The van der Waals surface area contributed by atoms with Gasteiger partial charge in [-0.1, -0.05) is 11.6 Å². The molecular weight excluding hydrogens is 378 g/mol. The number of nitriles is 1. The average molecular weight is 394 g/mol. The third-order valence-electron chi connectivity index (χ3n) is 4.44. The smallest absolute Gasteiger partial charge is 0.330 e. The standard InChI is InChI=1S/C17H16ClN3O4S/c1-17-5-4-15(23)21(17)13(9-26-17)16(24)25-8-14(22)20-11-3-2-10(7-19)12(18)6-11/h2-3,6,13H,4-5,8-9H2,1H3,(H,20,22)/t13-,17-/m1/s1. The molecule has 2 atom stereocenters. The Morgan fingerprint density at radius 1 is 1.54 bits per heavy atom. The van der Waals surface area contributed by atoms with Crippen LogP contribution in [0.2, 0.25) is 5.02 Å². The van der Waals surface area contributed by atoms with Crippen LogP contribution in [0.5, 0.6) is 0 Å². The van der Waals surface area contributed by atoms with Crippen molar-refractivity contribution in [2.45, 2.75) is 30.7 Å². The monoisotopic (exact) mass is 393 g/mol. The van der Waals surface area contributed by atoms with E-state index < -0.39 is 24.5 Å². The van der Waals surface area contributed by atoms with Gasteiger partial charge in [0.2, 0.25) is 5.91 Å². The van der Waals surface area contributed by atoms with Crippen LogP contribution < -0.4 is 5.32 Å². The van der Waals surface area contributed by atoms with Gasteiger partial charge in [0.15, 0.2) is 6.61 Å². The number of hydrogen-bond donors (Lipinski definition) is 1. The summed E-state index contributed by atoms with van der Waals surface area (Å²) < 4.78 is 5.09. The van der Waals surface area contributed by atoms with Crippen LogP contribution in [0.25, 0.3) is 0 Å². The lowest BCUT2D eigenvalue weighted by Gasteiger charge is -2.29. The second-order valence-electron chi connectivity index (χ2n) is 6.23. The Bertz CT molecular complexity index is 825. The molecule has 0 aromatic heterocycles. The van der Waals surface area contributed by atoms with Crippen LogP contribution in [0.3, 0.4) is 0 Å². The van der Waals surface area contributed by atoms with Gasteiger partial charge in [0, 0.05) is 17.9 Å². The van der Waals surface area contributed by atoms with Crippen LogP contribution in [0.1, 0.15) is 25.3 Å². The fraction of sp³-hybridized carbons (Fsp3) is 0.412. The number of rotatable bonds is 4. The molecule has 1 aromatic rings. The highest BCUT2D eigenvalue weighted by Gasteiger charge is 2.53. The van der Waals surface area contributed by atoms with Crippen molar-refractivity contribution in [3.63, 3.8) is 0 Å². The van der Waals surface area contributed by atoms with Crippen molar-refractivity contribution in [1.29, 1.82) is 5.26 Å². The first-order valence-electron chi connectivity index (χ1n) is 7.96. The molecule has 9 heteroatoms. The quantitative estimate of drug-likeness (QED) is 0.787. The van der Waals surface area contributed by atoms with Gasteiger partial charge < -0.3 is 15.0 Å². The lowest BCUT2D eigenvalue weighted by Crippen LogP contribution is -2.47. The number of nitrogens with one attached hydrogen (secondary N) is 1. The summed E-state index contributed by atoms with van der Waals surface area (Å²) >= 11 is 7.47. The van der Waals surface area contributed by atoms with E-state index in [0.29, 0.717) is 29.8 Å². The molecule has 2 amide bonds. The molecule has 3 rings (SSSR count). The van der Waals surface area contributed by atoms with Gasteiger partial charge in [0.25, 0.3) is 5.91 Å². The number of carbonyl (C=O) groups is 3. The van der Waals surface area contributed by atoms with E-state index in [2.05, 4.69) is 5.32 Å². The van der Waals surface area contributed by atoms with Gasteiger partial charge in [-0.3, -0.25) is 9.59 Å². The van der Waals surface area contributed by atoms with Crippen LogP contribution in [0, 0.1) is 11.3 Å². The summed E-state index contributed by atoms with van der Waals surface area (Å²) in [5.41, 5.74) is 0.696. The minimum atomic E-state index is -0.655. The van der Waals surface area contributed by atoms with Crippen LogP contribution in [-0.4, -0.2) is 46.0 Å². The number of fused-ring (bicyclic) bond motifs is 1. The van der Waals surface area contributed by atoms with E-state index in [1.165, 1.54) is 18.2 Å². The maximum absolute atomic E-state index is 12.3. The Labute approximate surface area is 159 Å². The van der Waals surface area contributed by atoms with Gasteiger partial charge in [-0.05, 0) is 31.5 Å². The lowest BCUT2D eigenvalue weighted by atomic mass is 10.2. The number of amides is 2. The zero-order valence-electron chi connectivity index (χ0n) is 14.0. The third kappa shape index (κ3) is 3.50. The number of ether oxygens (including phenoxy) is 1. The zero-order valence-corrected chi connectivity index (χ0v) is 15.5. The van der Waals surface area contributed by atoms with E-state index in [1.54, 1.807) is 16.7 Å². The highest BCUT2D eigenvalue weighted by atomic mass is 35.5. The Hall–Kier alpha value is -2.24. The minimum absolute atomic E-state index is 0.0591.